The smallest absolute Gasteiger partial charge is 0.00209 e. The van der Waals surface area contributed by atoms with Crippen molar-refractivity contribution in [2.75, 3.05) is 13.6 Å². The monoisotopic (exact) mass is 225 g/mol. The zero-order valence-corrected chi connectivity index (χ0v) is 11.8. The zero-order chi connectivity index (χ0) is 12.0. The van der Waals surface area contributed by atoms with Gasteiger partial charge in [-0.05, 0) is 56.5 Å². The normalized spacial score (nSPS) is 32.6. The molecular formula is C15H31N. The second kappa shape index (κ2) is 7.32. The van der Waals surface area contributed by atoms with E-state index in [-0.39, 0.29) is 0 Å². The van der Waals surface area contributed by atoms with Crippen molar-refractivity contribution in [1.82, 2.24) is 5.32 Å². The Balaban J connectivity index is 2.43. The third-order valence-corrected chi connectivity index (χ3v) is 4.35. The van der Waals surface area contributed by atoms with Crippen LogP contribution >= 0.6 is 0 Å². The van der Waals surface area contributed by atoms with Gasteiger partial charge in [0.15, 0.2) is 0 Å². The molecular weight excluding hydrogens is 194 g/mol. The van der Waals surface area contributed by atoms with E-state index in [0.29, 0.717) is 0 Å². The Morgan fingerprint density at radius 2 is 2.00 bits per heavy atom. The summed E-state index contributed by atoms with van der Waals surface area (Å²) in [6.45, 7) is 8.42. The summed E-state index contributed by atoms with van der Waals surface area (Å²) in [5, 5.41) is 3.39. The largest absolute Gasteiger partial charge is 0.319 e. The molecule has 1 nitrogen and oxygen atoms in total. The summed E-state index contributed by atoms with van der Waals surface area (Å²) in [4.78, 5) is 0. The fraction of sp³-hybridized carbons (Fsp3) is 1.00. The predicted octanol–water partition coefficient (Wildman–Crippen LogP) is 4.08. The van der Waals surface area contributed by atoms with Gasteiger partial charge < -0.3 is 5.32 Å². The molecule has 1 heteroatoms. The minimum Gasteiger partial charge on any atom is -0.319 e. The molecule has 4 atom stereocenters. The highest BCUT2D eigenvalue weighted by Gasteiger charge is 2.28. The van der Waals surface area contributed by atoms with Crippen molar-refractivity contribution in [3.63, 3.8) is 0 Å². The molecule has 0 aromatic heterocycles. The van der Waals surface area contributed by atoms with Gasteiger partial charge in [-0.2, -0.15) is 0 Å². The van der Waals surface area contributed by atoms with E-state index in [0.717, 1.165) is 23.7 Å². The van der Waals surface area contributed by atoms with Gasteiger partial charge in [0.2, 0.25) is 0 Å². The standard InChI is InChI=1S/C15H31N/c1-5-6-12(2)9-15-10-13(3)7-8-14(15)11-16-4/h12-16H,5-11H2,1-4H3. The Morgan fingerprint density at radius 3 is 2.62 bits per heavy atom. The Kier molecular flexibility index (Phi) is 6.41. The summed E-state index contributed by atoms with van der Waals surface area (Å²) in [6.07, 6.45) is 8.60. The van der Waals surface area contributed by atoms with Crippen molar-refractivity contribution in [1.29, 1.82) is 0 Å². The van der Waals surface area contributed by atoms with Crippen molar-refractivity contribution >= 4 is 0 Å². The quantitative estimate of drug-likeness (QED) is 0.718. The minimum absolute atomic E-state index is 0.930. The van der Waals surface area contributed by atoms with E-state index in [2.05, 4.69) is 33.1 Å². The van der Waals surface area contributed by atoms with E-state index in [1.807, 2.05) is 0 Å². The molecule has 0 heterocycles. The molecule has 1 aliphatic carbocycles. The van der Waals surface area contributed by atoms with Crippen LogP contribution in [0.4, 0.5) is 0 Å². The van der Waals surface area contributed by atoms with Gasteiger partial charge in [0.25, 0.3) is 0 Å². The van der Waals surface area contributed by atoms with Crippen LogP contribution in [0.3, 0.4) is 0 Å². The Hall–Kier alpha value is -0.0400. The Labute approximate surface area is 102 Å². The SMILES string of the molecule is CCCC(C)CC1CC(C)CCC1CNC. The number of rotatable bonds is 6. The molecule has 0 aliphatic heterocycles. The van der Waals surface area contributed by atoms with E-state index in [1.54, 1.807) is 0 Å². The molecule has 96 valence electrons. The third kappa shape index (κ3) is 4.45. The van der Waals surface area contributed by atoms with Crippen LogP contribution in [-0.4, -0.2) is 13.6 Å². The maximum absolute atomic E-state index is 3.39. The molecule has 0 spiro atoms. The van der Waals surface area contributed by atoms with Gasteiger partial charge in [-0.3, -0.25) is 0 Å². The summed E-state index contributed by atoms with van der Waals surface area (Å²) in [5.41, 5.74) is 0. The van der Waals surface area contributed by atoms with Crippen LogP contribution in [0.5, 0.6) is 0 Å². The van der Waals surface area contributed by atoms with Gasteiger partial charge in [0, 0.05) is 0 Å². The molecule has 4 unspecified atom stereocenters. The highest BCUT2D eigenvalue weighted by Crippen LogP contribution is 2.37. The maximum Gasteiger partial charge on any atom is -0.00209 e. The fourth-order valence-electron chi connectivity index (χ4n) is 3.51. The molecule has 0 saturated heterocycles. The van der Waals surface area contributed by atoms with Crippen LogP contribution in [0.25, 0.3) is 0 Å². The lowest BCUT2D eigenvalue weighted by molar-refractivity contribution is 0.157. The van der Waals surface area contributed by atoms with E-state index in [1.165, 1.54) is 45.1 Å². The first-order valence-corrected chi connectivity index (χ1v) is 7.31. The first-order chi connectivity index (χ1) is 7.67. The van der Waals surface area contributed by atoms with E-state index in [9.17, 15) is 0 Å². The van der Waals surface area contributed by atoms with Gasteiger partial charge in [-0.1, -0.05) is 40.0 Å². The predicted molar refractivity (Wildman–Crippen MR) is 72.6 cm³/mol. The summed E-state index contributed by atoms with van der Waals surface area (Å²) in [5.74, 6) is 3.82. The summed E-state index contributed by atoms with van der Waals surface area (Å²) in [7, 11) is 2.10. The van der Waals surface area contributed by atoms with Crippen LogP contribution < -0.4 is 5.32 Å². The molecule has 0 bridgehead atoms. The molecule has 1 aliphatic rings. The number of hydrogen-bond donors (Lipinski definition) is 1. The van der Waals surface area contributed by atoms with Crippen molar-refractivity contribution in [2.24, 2.45) is 23.7 Å². The molecule has 0 radical (unpaired) electrons. The first kappa shape index (κ1) is 14.0. The maximum atomic E-state index is 3.39. The second-order valence-corrected chi connectivity index (χ2v) is 6.13. The highest BCUT2D eigenvalue weighted by molar-refractivity contribution is 4.80. The van der Waals surface area contributed by atoms with Crippen molar-refractivity contribution < 1.29 is 0 Å². The third-order valence-electron chi connectivity index (χ3n) is 4.35. The molecule has 1 fully saturated rings. The van der Waals surface area contributed by atoms with Gasteiger partial charge in [-0.25, -0.2) is 0 Å². The van der Waals surface area contributed by atoms with Crippen molar-refractivity contribution in [3.05, 3.63) is 0 Å². The van der Waals surface area contributed by atoms with Crippen molar-refractivity contribution in [3.8, 4) is 0 Å². The summed E-state index contributed by atoms with van der Waals surface area (Å²) < 4.78 is 0. The minimum atomic E-state index is 0.930. The highest BCUT2D eigenvalue weighted by atomic mass is 14.8. The lowest BCUT2D eigenvalue weighted by Crippen LogP contribution is -2.32. The van der Waals surface area contributed by atoms with Crippen LogP contribution in [0, 0.1) is 23.7 Å². The molecule has 0 amide bonds. The number of nitrogens with one attached hydrogen (secondary N) is 1. The van der Waals surface area contributed by atoms with Crippen LogP contribution in [-0.2, 0) is 0 Å². The molecule has 16 heavy (non-hydrogen) atoms. The van der Waals surface area contributed by atoms with Gasteiger partial charge in [-0.15, -0.1) is 0 Å². The van der Waals surface area contributed by atoms with Crippen LogP contribution in [0.15, 0.2) is 0 Å². The van der Waals surface area contributed by atoms with Crippen LogP contribution in [0.2, 0.25) is 0 Å². The molecule has 0 aromatic carbocycles. The van der Waals surface area contributed by atoms with E-state index in [4.69, 9.17) is 0 Å². The average molecular weight is 225 g/mol. The van der Waals surface area contributed by atoms with Crippen molar-refractivity contribution in [2.45, 2.75) is 59.3 Å². The zero-order valence-electron chi connectivity index (χ0n) is 11.8. The van der Waals surface area contributed by atoms with Gasteiger partial charge >= 0.3 is 0 Å². The molecule has 1 rings (SSSR count). The molecule has 0 aromatic rings. The summed E-state index contributed by atoms with van der Waals surface area (Å²) in [6, 6.07) is 0. The van der Waals surface area contributed by atoms with Crippen LogP contribution in [0.1, 0.15) is 59.3 Å². The average Bonchev–Trinajstić information content (AvgIpc) is 2.22. The molecule has 1 N–H and O–H groups in total. The topological polar surface area (TPSA) is 12.0 Å². The van der Waals surface area contributed by atoms with Gasteiger partial charge in [0.05, 0.1) is 0 Å². The van der Waals surface area contributed by atoms with Gasteiger partial charge in [0.1, 0.15) is 0 Å². The molecule has 1 saturated carbocycles. The lowest BCUT2D eigenvalue weighted by atomic mass is 9.71. The first-order valence-electron chi connectivity index (χ1n) is 7.31. The van der Waals surface area contributed by atoms with E-state index < -0.39 is 0 Å². The summed E-state index contributed by atoms with van der Waals surface area (Å²) >= 11 is 0. The Bertz CT molecular complexity index is 178. The lowest BCUT2D eigenvalue weighted by Gasteiger charge is -2.36. The number of hydrogen-bond acceptors (Lipinski definition) is 1. The van der Waals surface area contributed by atoms with E-state index >= 15 is 0 Å². The Morgan fingerprint density at radius 1 is 1.25 bits per heavy atom. The fourth-order valence-corrected chi connectivity index (χ4v) is 3.51. The second-order valence-electron chi connectivity index (χ2n) is 6.13.